The summed E-state index contributed by atoms with van der Waals surface area (Å²) in [4.78, 5) is 2.59. The third kappa shape index (κ3) is 5.97. The molecule has 7 aromatic rings. The molecule has 3 heteroatoms. The second-order valence-electron chi connectivity index (χ2n) is 19.5. The number of hydrogen-bond donors (Lipinski definition) is 1. The average Bonchev–Trinajstić information content (AvgIpc) is 3.58. The van der Waals surface area contributed by atoms with Gasteiger partial charge in [-0.2, -0.15) is 0 Å². The van der Waals surface area contributed by atoms with Gasteiger partial charge >= 0.3 is 0 Å². The van der Waals surface area contributed by atoms with Crippen LogP contribution in [0.2, 0.25) is 0 Å². The van der Waals surface area contributed by atoms with Gasteiger partial charge in [-0.1, -0.05) is 122 Å². The molecule has 0 aliphatic heterocycles. The number of hydrogen-bond acceptors (Lipinski definition) is 3. The standard InChI is InChI=1S/C53H56N2S/c1-33-25-41-43(52(6,7)23-21-50(41,2)3)30-46(33)55(47-32-56-48-31-44-42(29-40(47)48)51(4,5)22-24-53(44,8)9)38-27-36(34-15-11-10-12-16-34)26-37(28-38)49-39-18-14-13-17-35(39)19-20-45(49)54/h10-20,25-32H,21-24,54H2,1-9H3. The summed E-state index contributed by atoms with van der Waals surface area (Å²) in [6.07, 6.45) is 4.75. The van der Waals surface area contributed by atoms with Crippen molar-refractivity contribution in [2.24, 2.45) is 0 Å². The number of fused-ring (bicyclic) bond motifs is 4. The molecular formula is C53H56N2S. The highest BCUT2D eigenvalue weighted by atomic mass is 32.1. The fraction of sp³-hybridized carbons (Fsp3) is 0.321. The molecule has 1 heterocycles. The first-order valence-electron chi connectivity index (χ1n) is 20.5. The lowest BCUT2D eigenvalue weighted by Crippen LogP contribution is -2.34. The highest BCUT2D eigenvalue weighted by Gasteiger charge is 2.40. The molecule has 56 heavy (non-hydrogen) atoms. The molecule has 0 saturated heterocycles. The van der Waals surface area contributed by atoms with Gasteiger partial charge in [0.15, 0.2) is 0 Å². The molecule has 0 saturated carbocycles. The highest BCUT2D eigenvalue weighted by molar-refractivity contribution is 7.17. The zero-order valence-corrected chi connectivity index (χ0v) is 35.5. The first-order valence-corrected chi connectivity index (χ1v) is 21.4. The summed E-state index contributed by atoms with van der Waals surface area (Å²) in [5.74, 6) is 0. The zero-order chi connectivity index (χ0) is 39.4. The average molecular weight is 753 g/mol. The Hall–Kier alpha value is -4.86. The molecule has 1 aromatic heterocycles. The van der Waals surface area contributed by atoms with Crippen LogP contribution in [0.3, 0.4) is 0 Å². The Kier molecular flexibility index (Phi) is 8.42. The maximum absolute atomic E-state index is 6.97. The van der Waals surface area contributed by atoms with Crippen molar-refractivity contribution in [2.75, 3.05) is 10.6 Å². The van der Waals surface area contributed by atoms with Crippen molar-refractivity contribution >= 4 is 54.9 Å². The van der Waals surface area contributed by atoms with E-state index >= 15 is 0 Å². The summed E-state index contributed by atoms with van der Waals surface area (Å²) in [6, 6.07) is 41.0. The van der Waals surface area contributed by atoms with E-state index in [0.717, 1.165) is 22.5 Å². The van der Waals surface area contributed by atoms with Crippen LogP contribution in [0.1, 0.15) is 109 Å². The first-order chi connectivity index (χ1) is 26.5. The Balaban J connectivity index is 1.38. The van der Waals surface area contributed by atoms with E-state index in [1.807, 2.05) is 11.3 Å². The van der Waals surface area contributed by atoms with E-state index < -0.39 is 0 Å². The van der Waals surface area contributed by atoms with Crippen LogP contribution in [-0.4, -0.2) is 0 Å². The Labute approximate surface area is 338 Å². The summed E-state index contributed by atoms with van der Waals surface area (Å²) >= 11 is 1.88. The second-order valence-corrected chi connectivity index (χ2v) is 20.4. The normalized spacial score (nSPS) is 17.7. The Morgan fingerprint density at radius 1 is 0.518 bits per heavy atom. The molecule has 2 aliphatic carbocycles. The summed E-state index contributed by atoms with van der Waals surface area (Å²) in [5, 5.41) is 6.11. The lowest BCUT2D eigenvalue weighted by molar-refractivity contribution is 0.332. The number of aryl methyl sites for hydroxylation is 1. The lowest BCUT2D eigenvalue weighted by atomic mass is 9.62. The van der Waals surface area contributed by atoms with Crippen LogP contribution in [0.25, 0.3) is 43.1 Å². The lowest BCUT2D eigenvalue weighted by Gasteiger charge is -2.43. The van der Waals surface area contributed by atoms with Gasteiger partial charge in [0, 0.05) is 38.1 Å². The molecule has 0 fully saturated rings. The van der Waals surface area contributed by atoms with Crippen molar-refractivity contribution in [2.45, 2.75) is 110 Å². The largest absolute Gasteiger partial charge is 0.398 e. The van der Waals surface area contributed by atoms with E-state index in [1.165, 1.54) is 96.9 Å². The van der Waals surface area contributed by atoms with Crippen LogP contribution < -0.4 is 10.6 Å². The van der Waals surface area contributed by atoms with Crippen molar-refractivity contribution in [1.82, 2.24) is 0 Å². The van der Waals surface area contributed by atoms with Crippen molar-refractivity contribution in [3.63, 3.8) is 0 Å². The van der Waals surface area contributed by atoms with E-state index in [0.29, 0.717) is 0 Å². The van der Waals surface area contributed by atoms with E-state index in [-0.39, 0.29) is 21.7 Å². The fourth-order valence-corrected chi connectivity index (χ4v) is 10.8. The molecule has 9 rings (SSSR count). The smallest absolute Gasteiger partial charge is 0.0647 e. The van der Waals surface area contributed by atoms with Gasteiger partial charge in [-0.15, -0.1) is 11.3 Å². The van der Waals surface area contributed by atoms with Crippen LogP contribution in [0, 0.1) is 6.92 Å². The van der Waals surface area contributed by atoms with Gasteiger partial charge in [0.25, 0.3) is 0 Å². The number of thiophene rings is 1. The van der Waals surface area contributed by atoms with Gasteiger partial charge in [0.1, 0.15) is 0 Å². The highest BCUT2D eigenvalue weighted by Crippen LogP contribution is 2.54. The number of nitrogens with two attached hydrogens (primary N) is 1. The van der Waals surface area contributed by atoms with Crippen molar-refractivity contribution in [1.29, 1.82) is 0 Å². The predicted octanol–water partition coefficient (Wildman–Crippen LogP) is 15.4. The number of rotatable bonds is 5. The molecule has 0 amide bonds. The monoisotopic (exact) mass is 752 g/mol. The molecule has 2 aliphatic rings. The van der Waals surface area contributed by atoms with Crippen LogP contribution >= 0.6 is 11.3 Å². The first kappa shape index (κ1) is 36.8. The minimum Gasteiger partial charge on any atom is -0.398 e. The van der Waals surface area contributed by atoms with Gasteiger partial charge in [-0.05, 0) is 152 Å². The van der Waals surface area contributed by atoms with Crippen LogP contribution in [0.15, 0.2) is 115 Å². The summed E-state index contributed by atoms with van der Waals surface area (Å²) in [6.45, 7) is 21.8. The third-order valence-electron chi connectivity index (χ3n) is 13.7. The molecule has 0 bridgehead atoms. The van der Waals surface area contributed by atoms with Gasteiger partial charge in [-0.25, -0.2) is 0 Å². The SMILES string of the molecule is Cc1cc2c(cc1N(c1cc(-c3ccccc3)cc(-c3c(N)ccc4ccccc34)c1)c1csc3cc4c(cc13)C(C)(C)CCC4(C)C)C(C)(C)CCC2(C)C. The maximum atomic E-state index is 6.97. The number of anilines is 4. The van der Waals surface area contributed by atoms with Crippen molar-refractivity contribution < 1.29 is 0 Å². The van der Waals surface area contributed by atoms with Crippen LogP contribution in [-0.2, 0) is 21.7 Å². The van der Waals surface area contributed by atoms with E-state index in [2.05, 4.69) is 182 Å². The molecule has 0 unspecified atom stereocenters. The topological polar surface area (TPSA) is 29.3 Å². The van der Waals surface area contributed by atoms with E-state index in [4.69, 9.17) is 5.73 Å². The summed E-state index contributed by atoms with van der Waals surface area (Å²) in [7, 11) is 0. The maximum Gasteiger partial charge on any atom is 0.0647 e. The van der Waals surface area contributed by atoms with Crippen molar-refractivity contribution in [3.8, 4) is 22.3 Å². The minimum absolute atomic E-state index is 0.0683. The Morgan fingerprint density at radius 2 is 1.09 bits per heavy atom. The van der Waals surface area contributed by atoms with Gasteiger partial charge in [0.05, 0.1) is 5.69 Å². The van der Waals surface area contributed by atoms with Crippen LogP contribution in [0.5, 0.6) is 0 Å². The van der Waals surface area contributed by atoms with Crippen molar-refractivity contribution in [3.05, 3.63) is 142 Å². The van der Waals surface area contributed by atoms with Crippen LogP contribution in [0.4, 0.5) is 22.7 Å². The van der Waals surface area contributed by atoms with Gasteiger partial charge < -0.3 is 10.6 Å². The molecule has 2 N–H and O–H groups in total. The molecule has 0 atom stereocenters. The molecular weight excluding hydrogens is 697 g/mol. The Morgan fingerprint density at radius 3 is 1.77 bits per heavy atom. The second kappa shape index (κ2) is 12.8. The number of nitrogens with zero attached hydrogens (tertiary/aromatic N) is 1. The third-order valence-corrected chi connectivity index (χ3v) is 14.6. The molecule has 0 spiro atoms. The van der Waals surface area contributed by atoms with Gasteiger partial charge in [0.2, 0.25) is 0 Å². The summed E-state index contributed by atoms with van der Waals surface area (Å²) < 4.78 is 1.35. The van der Waals surface area contributed by atoms with E-state index in [1.54, 1.807) is 0 Å². The van der Waals surface area contributed by atoms with E-state index in [9.17, 15) is 0 Å². The Bertz CT molecular complexity index is 2670. The minimum atomic E-state index is 0.0683. The molecule has 2 nitrogen and oxygen atoms in total. The summed E-state index contributed by atoms with van der Waals surface area (Å²) in [5.41, 5.74) is 23.7. The fourth-order valence-electron chi connectivity index (χ4n) is 9.90. The van der Waals surface area contributed by atoms with Gasteiger partial charge in [-0.3, -0.25) is 0 Å². The molecule has 6 aromatic carbocycles. The molecule has 284 valence electrons. The quantitative estimate of drug-likeness (QED) is 0.177. The predicted molar refractivity (Wildman–Crippen MR) is 245 cm³/mol. The molecule has 0 radical (unpaired) electrons. The number of nitrogen functional groups attached to an aromatic ring is 1. The number of benzene rings is 6. The zero-order valence-electron chi connectivity index (χ0n) is 34.7.